The summed E-state index contributed by atoms with van der Waals surface area (Å²) in [6.07, 6.45) is 8.96. The summed E-state index contributed by atoms with van der Waals surface area (Å²) >= 11 is 0. The van der Waals surface area contributed by atoms with Gasteiger partial charge in [0.1, 0.15) is 0 Å². The molecule has 0 aromatic rings. The van der Waals surface area contributed by atoms with E-state index < -0.39 is 0 Å². The fraction of sp³-hybridized carbons (Fsp3) is 0.643. The van der Waals surface area contributed by atoms with Gasteiger partial charge in [-0.1, -0.05) is 0 Å². The monoisotopic (exact) mass is 234 g/mol. The van der Waals surface area contributed by atoms with Crippen LogP contribution in [0.3, 0.4) is 0 Å². The number of carbonyl (C=O) groups is 1. The van der Waals surface area contributed by atoms with E-state index in [1.807, 2.05) is 6.92 Å². The van der Waals surface area contributed by atoms with Crippen molar-refractivity contribution in [2.24, 2.45) is 0 Å². The Hall–Kier alpha value is -1.11. The maximum Gasteiger partial charge on any atom is 0.162 e. The molecule has 3 heteroatoms. The van der Waals surface area contributed by atoms with Crippen LogP contribution in [0.2, 0.25) is 0 Å². The molecule has 2 rings (SSSR count). The van der Waals surface area contributed by atoms with Crippen molar-refractivity contribution in [1.82, 2.24) is 0 Å². The first-order valence-corrected chi connectivity index (χ1v) is 6.15. The van der Waals surface area contributed by atoms with Crippen molar-refractivity contribution >= 4 is 5.78 Å². The lowest BCUT2D eigenvalue weighted by Crippen LogP contribution is -2.27. The Bertz CT molecular complexity index is 369. The number of rotatable bonds is 3. The third kappa shape index (κ3) is 2.77. The lowest BCUT2D eigenvalue weighted by Gasteiger charge is -2.26. The van der Waals surface area contributed by atoms with Gasteiger partial charge in [-0.2, -0.15) is 0 Å². The molecular formula is C14H18O3. The molecule has 17 heavy (non-hydrogen) atoms. The third-order valence-corrected chi connectivity index (χ3v) is 3.40. The summed E-state index contributed by atoms with van der Waals surface area (Å²) in [6, 6.07) is 0. The number of allylic oxidation sites excluding steroid dienone is 1. The minimum atomic E-state index is -0.151. The molecule has 0 amide bonds. The Balaban J connectivity index is 1.98. The van der Waals surface area contributed by atoms with E-state index in [-0.39, 0.29) is 18.2 Å². The molecule has 1 aliphatic carbocycles. The normalized spacial score (nSPS) is 29.5. The van der Waals surface area contributed by atoms with E-state index in [2.05, 4.69) is 5.92 Å². The van der Waals surface area contributed by atoms with Gasteiger partial charge in [-0.25, -0.2) is 0 Å². The van der Waals surface area contributed by atoms with E-state index in [1.165, 1.54) is 0 Å². The number of Topliss-reactive ketones (excluding diaryl/α,β-unsaturated/α-hetero) is 1. The van der Waals surface area contributed by atoms with Gasteiger partial charge >= 0.3 is 0 Å². The molecular weight excluding hydrogens is 216 g/mol. The van der Waals surface area contributed by atoms with Crippen LogP contribution in [0.1, 0.15) is 39.0 Å². The van der Waals surface area contributed by atoms with Gasteiger partial charge in [-0.05, 0) is 31.8 Å². The summed E-state index contributed by atoms with van der Waals surface area (Å²) in [7, 11) is 0. The summed E-state index contributed by atoms with van der Waals surface area (Å²) in [5.74, 6) is 2.66. The van der Waals surface area contributed by atoms with Gasteiger partial charge < -0.3 is 9.47 Å². The second-order valence-corrected chi connectivity index (χ2v) is 4.59. The fourth-order valence-electron chi connectivity index (χ4n) is 2.35. The van der Waals surface area contributed by atoms with Crippen LogP contribution < -0.4 is 0 Å². The van der Waals surface area contributed by atoms with Crippen LogP contribution in [0.5, 0.6) is 0 Å². The zero-order valence-electron chi connectivity index (χ0n) is 10.2. The Morgan fingerprint density at radius 3 is 3.00 bits per heavy atom. The van der Waals surface area contributed by atoms with Crippen LogP contribution in [-0.2, 0) is 14.3 Å². The molecule has 0 spiro atoms. The Kier molecular flexibility index (Phi) is 3.98. The first kappa shape index (κ1) is 12.3. The van der Waals surface area contributed by atoms with E-state index in [0.717, 1.165) is 37.0 Å². The van der Waals surface area contributed by atoms with Crippen molar-refractivity contribution in [3.05, 3.63) is 11.1 Å². The Morgan fingerprint density at radius 2 is 2.35 bits per heavy atom. The topological polar surface area (TPSA) is 35.5 Å². The molecule has 0 saturated carbocycles. The largest absolute Gasteiger partial charge is 0.353 e. The zero-order valence-corrected chi connectivity index (χ0v) is 10.2. The summed E-state index contributed by atoms with van der Waals surface area (Å²) < 4.78 is 11.4. The number of carbonyl (C=O) groups excluding carboxylic acids is 1. The van der Waals surface area contributed by atoms with Crippen LogP contribution in [-0.4, -0.2) is 24.8 Å². The van der Waals surface area contributed by atoms with Crippen molar-refractivity contribution in [3.63, 3.8) is 0 Å². The third-order valence-electron chi connectivity index (χ3n) is 3.40. The Morgan fingerprint density at radius 1 is 1.53 bits per heavy atom. The molecule has 0 aromatic carbocycles. The highest BCUT2D eigenvalue weighted by molar-refractivity contribution is 5.99. The van der Waals surface area contributed by atoms with Gasteiger partial charge in [-0.15, -0.1) is 12.3 Å². The molecule has 1 aliphatic heterocycles. The maximum absolute atomic E-state index is 11.8. The van der Waals surface area contributed by atoms with E-state index in [0.29, 0.717) is 12.8 Å². The molecule has 1 heterocycles. The predicted molar refractivity (Wildman–Crippen MR) is 64.2 cm³/mol. The van der Waals surface area contributed by atoms with Gasteiger partial charge in [0.25, 0.3) is 0 Å². The number of ketones is 1. The van der Waals surface area contributed by atoms with Crippen LogP contribution in [0, 0.1) is 12.3 Å². The average Bonchev–Trinajstić information content (AvgIpc) is 2.59. The fourth-order valence-corrected chi connectivity index (χ4v) is 2.35. The van der Waals surface area contributed by atoms with Gasteiger partial charge in [0, 0.05) is 25.0 Å². The first-order chi connectivity index (χ1) is 8.22. The van der Waals surface area contributed by atoms with Crippen LogP contribution in [0.4, 0.5) is 0 Å². The second-order valence-electron chi connectivity index (χ2n) is 4.59. The van der Waals surface area contributed by atoms with Gasteiger partial charge in [-0.3, -0.25) is 4.79 Å². The molecule has 1 unspecified atom stereocenters. The molecule has 2 aliphatic rings. The summed E-state index contributed by atoms with van der Waals surface area (Å²) in [5.41, 5.74) is 1.75. The lowest BCUT2D eigenvalue weighted by atomic mass is 10.1. The van der Waals surface area contributed by atoms with Crippen molar-refractivity contribution < 1.29 is 14.3 Å². The molecule has 1 saturated heterocycles. The van der Waals surface area contributed by atoms with Gasteiger partial charge in [0.05, 0.1) is 6.10 Å². The smallest absolute Gasteiger partial charge is 0.162 e. The van der Waals surface area contributed by atoms with Gasteiger partial charge in [0.15, 0.2) is 12.1 Å². The highest BCUT2D eigenvalue weighted by Gasteiger charge is 2.32. The summed E-state index contributed by atoms with van der Waals surface area (Å²) in [6.45, 7) is 2.69. The van der Waals surface area contributed by atoms with E-state index in [9.17, 15) is 4.79 Å². The highest BCUT2D eigenvalue weighted by atomic mass is 16.7. The number of ether oxygens (including phenoxy) is 2. The highest BCUT2D eigenvalue weighted by Crippen LogP contribution is 2.30. The predicted octanol–water partition coefficient (Wildman–Crippen LogP) is 2.21. The van der Waals surface area contributed by atoms with Crippen molar-refractivity contribution in [2.75, 3.05) is 6.61 Å². The maximum atomic E-state index is 11.8. The second kappa shape index (κ2) is 5.48. The van der Waals surface area contributed by atoms with Crippen LogP contribution >= 0.6 is 0 Å². The number of hydrogen-bond donors (Lipinski definition) is 0. The minimum Gasteiger partial charge on any atom is -0.353 e. The SMILES string of the molecule is C#CCC1=C(C)C(O[C@H]2CCCCO2)CC1=O. The summed E-state index contributed by atoms with van der Waals surface area (Å²) in [5, 5.41) is 0. The molecule has 1 fully saturated rings. The van der Waals surface area contributed by atoms with Crippen molar-refractivity contribution in [3.8, 4) is 12.3 Å². The molecule has 2 atom stereocenters. The zero-order chi connectivity index (χ0) is 12.3. The quantitative estimate of drug-likeness (QED) is 0.702. The van der Waals surface area contributed by atoms with E-state index in [1.54, 1.807) is 0 Å². The van der Waals surface area contributed by atoms with Crippen LogP contribution in [0.25, 0.3) is 0 Å². The van der Waals surface area contributed by atoms with E-state index >= 15 is 0 Å². The molecule has 0 radical (unpaired) electrons. The van der Waals surface area contributed by atoms with Crippen molar-refractivity contribution in [2.45, 2.75) is 51.4 Å². The average molecular weight is 234 g/mol. The first-order valence-electron chi connectivity index (χ1n) is 6.15. The number of hydrogen-bond acceptors (Lipinski definition) is 3. The minimum absolute atomic E-state index is 0.126. The molecule has 0 N–H and O–H groups in total. The molecule has 3 nitrogen and oxygen atoms in total. The number of terminal acetylenes is 1. The standard InChI is InChI=1S/C14H18O3/c1-3-6-11-10(2)13(9-12(11)15)17-14-7-4-5-8-16-14/h1,13-14H,4-9H2,2H3/t13?,14-/m0/s1. The van der Waals surface area contributed by atoms with Gasteiger partial charge in [0.2, 0.25) is 0 Å². The van der Waals surface area contributed by atoms with Crippen LogP contribution in [0.15, 0.2) is 11.1 Å². The lowest BCUT2D eigenvalue weighted by molar-refractivity contribution is -0.180. The Labute approximate surface area is 102 Å². The summed E-state index contributed by atoms with van der Waals surface area (Å²) in [4.78, 5) is 11.8. The molecule has 0 bridgehead atoms. The van der Waals surface area contributed by atoms with Crippen molar-refractivity contribution in [1.29, 1.82) is 0 Å². The molecule has 92 valence electrons. The van der Waals surface area contributed by atoms with E-state index in [4.69, 9.17) is 15.9 Å². The molecule has 0 aromatic heterocycles.